The predicted molar refractivity (Wildman–Crippen MR) is 96.1 cm³/mol. The zero-order chi connectivity index (χ0) is 16.6. The van der Waals surface area contributed by atoms with Crippen LogP contribution in [0.5, 0.6) is 5.75 Å². The molecule has 2 heterocycles. The topological polar surface area (TPSA) is 47.9 Å². The van der Waals surface area contributed by atoms with Gasteiger partial charge >= 0.3 is 0 Å². The first-order valence-corrected chi connectivity index (χ1v) is 8.29. The molecule has 2 unspecified atom stereocenters. The Morgan fingerprint density at radius 2 is 1.64 bits per heavy atom. The van der Waals surface area contributed by atoms with Gasteiger partial charge in [0.05, 0.1) is 5.56 Å². The molecular weight excluding hydrogens is 310 g/mol. The second-order valence-electron chi connectivity index (χ2n) is 6.10. The van der Waals surface area contributed by atoms with Crippen LogP contribution in [0.15, 0.2) is 79.2 Å². The van der Waals surface area contributed by atoms with E-state index in [1.54, 1.807) is 6.33 Å². The standard InChI is InChI=1S/C21H15N3O/c1-2-7-14(8-3-1)20-22-13-23-21(24-20)17-11-6-10-16-15-9-4-5-12-18(15)25-19(16)17/h1-13,15,18H. The van der Waals surface area contributed by atoms with Crippen molar-refractivity contribution in [1.82, 2.24) is 15.0 Å². The fraction of sp³-hybridized carbons (Fsp3) is 0.0952. The number of para-hydroxylation sites is 1. The van der Waals surface area contributed by atoms with Crippen molar-refractivity contribution in [2.24, 2.45) is 0 Å². The van der Waals surface area contributed by atoms with Gasteiger partial charge in [0, 0.05) is 17.0 Å². The first-order chi connectivity index (χ1) is 12.4. The molecule has 2 aliphatic rings. The number of rotatable bonds is 2. The van der Waals surface area contributed by atoms with E-state index in [4.69, 9.17) is 4.74 Å². The van der Waals surface area contributed by atoms with Gasteiger partial charge in [0.25, 0.3) is 0 Å². The van der Waals surface area contributed by atoms with E-state index in [1.807, 2.05) is 48.5 Å². The van der Waals surface area contributed by atoms with Crippen LogP contribution in [0.1, 0.15) is 11.5 Å². The molecule has 0 bridgehead atoms. The molecule has 1 aromatic heterocycles. The number of aromatic nitrogens is 3. The van der Waals surface area contributed by atoms with Gasteiger partial charge in [0.2, 0.25) is 0 Å². The molecule has 0 N–H and O–H groups in total. The van der Waals surface area contributed by atoms with Crippen LogP contribution >= 0.6 is 0 Å². The zero-order valence-corrected chi connectivity index (χ0v) is 13.4. The fourth-order valence-corrected chi connectivity index (χ4v) is 3.39. The lowest BCUT2D eigenvalue weighted by Crippen LogP contribution is -2.15. The smallest absolute Gasteiger partial charge is 0.167 e. The maximum Gasteiger partial charge on any atom is 0.167 e. The van der Waals surface area contributed by atoms with Gasteiger partial charge in [0.15, 0.2) is 11.6 Å². The largest absolute Gasteiger partial charge is 0.484 e. The molecule has 2 aromatic carbocycles. The molecule has 0 saturated carbocycles. The van der Waals surface area contributed by atoms with E-state index in [1.165, 1.54) is 5.56 Å². The van der Waals surface area contributed by atoms with E-state index in [9.17, 15) is 0 Å². The lowest BCUT2D eigenvalue weighted by atomic mass is 9.91. The minimum atomic E-state index is 0.0524. The molecule has 25 heavy (non-hydrogen) atoms. The average Bonchev–Trinajstić information content (AvgIpc) is 3.07. The highest BCUT2D eigenvalue weighted by atomic mass is 16.5. The SMILES string of the molecule is C1=CC2Oc3c(-c4ncnc(-c5ccccc5)n4)cccc3C2C=C1. The number of nitrogens with zero attached hydrogens (tertiary/aromatic N) is 3. The normalized spacial score (nSPS) is 20.0. The molecule has 5 rings (SSSR count). The van der Waals surface area contributed by atoms with Crippen molar-refractivity contribution in [3.05, 3.63) is 84.7 Å². The quantitative estimate of drug-likeness (QED) is 0.709. The summed E-state index contributed by atoms with van der Waals surface area (Å²) < 4.78 is 6.20. The van der Waals surface area contributed by atoms with Crippen molar-refractivity contribution in [2.45, 2.75) is 12.0 Å². The molecule has 4 heteroatoms. The second kappa shape index (κ2) is 5.67. The minimum absolute atomic E-state index is 0.0524. The number of benzene rings is 2. The van der Waals surface area contributed by atoms with Crippen LogP contribution in [0.3, 0.4) is 0 Å². The van der Waals surface area contributed by atoms with Crippen LogP contribution in [0, 0.1) is 0 Å². The van der Waals surface area contributed by atoms with Crippen LogP contribution in [0.4, 0.5) is 0 Å². The number of hydrogen-bond acceptors (Lipinski definition) is 4. The number of hydrogen-bond donors (Lipinski definition) is 0. The number of allylic oxidation sites excluding steroid dienone is 2. The van der Waals surface area contributed by atoms with Crippen LogP contribution in [0.2, 0.25) is 0 Å². The van der Waals surface area contributed by atoms with Crippen molar-refractivity contribution in [3.63, 3.8) is 0 Å². The van der Waals surface area contributed by atoms with Gasteiger partial charge < -0.3 is 4.74 Å². The average molecular weight is 325 g/mol. The zero-order valence-electron chi connectivity index (χ0n) is 13.4. The minimum Gasteiger partial charge on any atom is -0.484 e. The van der Waals surface area contributed by atoms with Crippen molar-refractivity contribution in [3.8, 4) is 28.5 Å². The van der Waals surface area contributed by atoms with E-state index in [2.05, 4.69) is 39.2 Å². The van der Waals surface area contributed by atoms with Crippen molar-refractivity contribution in [1.29, 1.82) is 0 Å². The Labute approximate surface area is 145 Å². The van der Waals surface area contributed by atoms with Crippen LogP contribution < -0.4 is 4.74 Å². The Balaban J connectivity index is 1.61. The third-order valence-corrected chi connectivity index (χ3v) is 4.59. The van der Waals surface area contributed by atoms with E-state index < -0.39 is 0 Å². The molecule has 0 amide bonds. The highest BCUT2D eigenvalue weighted by molar-refractivity contribution is 5.70. The number of fused-ring (bicyclic) bond motifs is 3. The predicted octanol–water partition coefficient (Wildman–Crippen LogP) is 4.18. The van der Waals surface area contributed by atoms with Gasteiger partial charge in [-0.2, -0.15) is 0 Å². The molecule has 0 spiro atoms. The van der Waals surface area contributed by atoms with Gasteiger partial charge in [-0.1, -0.05) is 60.7 Å². The van der Waals surface area contributed by atoms with Gasteiger partial charge in [-0.05, 0) is 12.1 Å². The van der Waals surface area contributed by atoms with Crippen molar-refractivity contribution >= 4 is 0 Å². The van der Waals surface area contributed by atoms with Crippen LogP contribution in [-0.2, 0) is 0 Å². The van der Waals surface area contributed by atoms with Gasteiger partial charge in [-0.3, -0.25) is 0 Å². The molecule has 0 saturated heterocycles. The molecule has 4 nitrogen and oxygen atoms in total. The molecule has 2 atom stereocenters. The van der Waals surface area contributed by atoms with Crippen molar-refractivity contribution in [2.75, 3.05) is 0 Å². The van der Waals surface area contributed by atoms with E-state index >= 15 is 0 Å². The lowest BCUT2D eigenvalue weighted by molar-refractivity contribution is 0.269. The fourth-order valence-electron chi connectivity index (χ4n) is 3.39. The molecule has 0 radical (unpaired) electrons. The molecule has 120 valence electrons. The summed E-state index contributed by atoms with van der Waals surface area (Å²) in [6, 6.07) is 16.1. The van der Waals surface area contributed by atoms with E-state index in [0.29, 0.717) is 11.6 Å². The highest BCUT2D eigenvalue weighted by Crippen LogP contribution is 2.45. The lowest BCUT2D eigenvalue weighted by Gasteiger charge is -2.14. The molecule has 1 aliphatic carbocycles. The van der Waals surface area contributed by atoms with E-state index in [-0.39, 0.29) is 12.0 Å². The number of ether oxygens (including phenoxy) is 1. The van der Waals surface area contributed by atoms with Crippen LogP contribution in [0.25, 0.3) is 22.8 Å². The van der Waals surface area contributed by atoms with E-state index in [0.717, 1.165) is 16.9 Å². The summed E-state index contributed by atoms with van der Waals surface area (Å²) in [4.78, 5) is 13.4. The molecule has 3 aromatic rings. The third kappa shape index (κ3) is 2.34. The van der Waals surface area contributed by atoms with Crippen molar-refractivity contribution < 1.29 is 4.74 Å². The Kier molecular flexibility index (Phi) is 3.20. The van der Waals surface area contributed by atoms with Crippen LogP contribution in [-0.4, -0.2) is 21.1 Å². The summed E-state index contributed by atoms with van der Waals surface area (Å²) in [7, 11) is 0. The van der Waals surface area contributed by atoms with Gasteiger partial charge in [0.1, 0.15) is 18.2 Å². The molecular formula is C21H15N3O. The van der Waals surface area contributed by atoms with Gasteiger partial charge in [-0.15, -0.1) is 0 Å². The first kappa shape index (κ1) is 14.1. The summed E-state index contributed by atoms with van der Waals surface area (Å²) in [5.41, 5.74) is 3.07. The Bertz CT molecular complexity index is 995. The second-order valence-corrected chi connectivity index (χ2v) is 6.10. The third-order valence-electron chi connectivity index (χ3n) is 4.59. The summed E-state index contributed by atoms with van der Waals surface area (Å²) in [6.45, 7) is 0. The molecule has 0 fully saturated rings. The summed E-state index contributed by atoms with van der Waals surface area (Å²) >= 11 is 0. The summed E-state index contributed by atoms with van der Waals surface area (Å²) in [5, 5.41) is 0. The maximum absolute atomic E-state index is 6.20. The Morgan fingerprint density at radius 3 is 2.56 bits per heavy atom. The summed E-state index contributed by atoms with van der Waals surface area (Å²) in [5.74, 6) is 2.44. The Hall–Kier alpha value is -3.27. The maximum atomic E-state index is 6.20. The summed E-state index contributed by atoms with van der Waals surface area (Å²) in [6.07, 6.45) is 9.99. The monoisotopic (exact) mass is 325 g/mol. The first-order valence-electron chi connectivity index (χ1n) is 8.29. The Morgan fingerprint density at radius 1 is 0.800 bits per heavy atom. The van der Waals surface area contributed by atoms with Gasteiger partial charge in [-0.25, -0.2) is 15.0 Å². The molecule has 1 aliphatic heterocycles. The highest BCUT2D eigenvalue weighted by Gasteiger charge is 2.34.